The van der Waals surface area contributed by atoms with Gasteiger partial charge in [-0.3, -0.25) is 0 Å². The van der Waals surface area contributed by atoms with Gasteiger partial charge in [0.2, 0.25) is 0 Å². The molecule has 0 radical (unpaired) electrons. The molecule has 16 heavy (non-hydrogen) atoms. The second-order valence-electron chi connectivity index (χ2n) is 3.01. The van der Waals surface area contributed by atoms with Crippen molar-refractivity contribution in [3.05, 3.63) is 28.2 Å². The molecular weight excluding hydrogens is 283 g/mol. The summed E-state index contributed by atoms with van der Waals surface area (Å²) in [6.45, 7) is 1.99. The molecule has 0 saturated heterocycles. The highest BCUT2D eigenvalue weighted by Gasteiger charge is 2.30. The number of halogens is 4. The number of rotatable bonds is 2. The molecule has 0 fully saturated rings. The minimum Gasteiger partial charge on any atom is -0.374 e. The maximum atomic E-state index is 12.5. The molecule has 5 heteroatoms. The lowest BCUT2D eigenvalue weighted by molar-refractivity contribution is -0.137. The Labute approximate surface area is 100 Å². The average Bonchev–Trinajstić information content (AvgIpc) is 2.16. The molecule has 0 amide bonds. The Balaban J connectivity index is 2.93. The van der Waals surface area contributed by atoms with Crippen LogP contribution in [0.1, 0.15) is 12.5 Å². The van der Waals surface area contributed by atoms with Gasteiger partial charge < -0.3 is 5.32 Å². The predicted molar refractivity (Wildman–Crippen MR) is 61.1 cm³/mol. The molecule has 0 spiro atoms. The Hall–Kier alpha value is -1.15. The minimum atomic E-state index is -4.34. The van der Waals surface area contributed by atoms with Crippen molar-refractivity contribution in [2.45, 2.75) is 13.1 Å². The van der Waals surface area contributed by atoms with E-state index in [1.807, 2.05) is 0 Å². The van der Waals surface area contributed by atoms with Gasteiger partial charge in [-0.25, -0.2) is 0 Å². The molecule has 0 unspecified atom stereocenters. The Bertz CT molecular complexity index is 429. The normalized spacial score (nSPS) is 10.6. The number of benzene rings is 1. The van der Waals surface area contributed by atoms with E-state index in [0.717, 1.165) is 12.1 Å². The first-order valence-electron chi connectivity index (χ1n) is 4.45. The highest BCUT2D eigenvalue weighted by atomic mass is 79.9. The predicted octanol–water partition coefficient (Wildman–Crippen LogP) is 3.90. The van der Waals surface area contributed by atoms with E-state index in [-0.39, 0.29) is 0 Å². The Morgan fingerprint density at radius 3 is 2.56 bits per heavy atom. The summed E-state index contributed by atoms with van der Waals surface area (Å²) in [7, 11) is 0. The maximum absolute atomic E-state index is 12.5. The lowest BCUT2D eigenvalue weighted by Crippen LogP contribution is -2.07. The number of hydrogen-bond acceptors (Lipinski definition) is 1. The van der Waals surface area contributed by atoms with Crippen molar-refractivity contribution in [3.63, 3.8) is 0 Å². The van der Waals surface area contributed by atoms with Crippen LogP contribution in [0.25, 0.3) is 0 Å². The van der Waals surface area contributed by atoms with Crippen molar-refractivity contribution in [2.75, 3.05) is 11.9 Å². The van der Waals surface area contributed by atoms with E-state index >= 15 is 0 Å². The third-order valence-corrected chi connectivity index (χ3v) is 2.24. The van der Waals surface area contributed by atoms with Crippen molar-refractivity contribution in [1.82, 2.24) is 0 Å². The summed E-state index contributed by atoms with van der Waals surface area (Å²) in [6, 6.07) is 3.67. The van der Waals surface area contributed by atoms with Crippen molar-refractivity contribution in [3.8, 4) is 11.8 Å². The number of alkyl halides is 3. The summed E-state index contributed by atoms with van der Waals surface area (Å²) in [6.07, 6.45) is -4.34. The van der Waals surface area contributed by atoms with Crippen LogP contribution in [-0.2, 0) is 6.18 Å². The van der Waals surface area contributed by atoms with Gasteiger partial charge in [0.05, 0.1) is 12.1 Å². The van der Waals surface area contributed by atoms with Crippen LogP contribution >= 0.6 is 15.9 Å². The van der Waals surface area contributed by atoms with Gasteiger partial charge in [-0.1, -0.05) is 21.9 Å². The van der Waals surface area contributed by atoms with E-state index in [9.17, 15) is 13.2 Å². The first-order valence-corrected chi connectivity index (χ1v) is 5.24. The summed E-state index contributed by atoms with van der Waals surface area (Å²) < 4.78 is 37.8. The molecular formula is C11H9BrF3N. The molecule has 1 aromatic rings. The molecule has 0 heterocycles. The average molecular weight is 292 g/mol. The summed E-state index contributed by atoms with van der Waals surface area (Å²) in [5, 5.41) is 2.80. The quantitative estimate of drug-likeness (QED) is 0.815. The highest BCUT2D eigenvalue weighted by molar-refractivity contribution is 9.10. The fraction of sp³-hybridized carbons (Fsp3) is 0.273. The van der Waals surface area contributed by atoms with Crippen molar-refractivity contribution in [2.24, 2.45) is 0 Å². The SMILES string of the molecule is CC#CCNc1cc(Br)cc(C(F)(F)F)c1. The molecule has 1 nitrogen and oxygen atoms in total. The van der Waals surface area contributed by atoms with E-state index in [4.69, 9.17) is 0 Å². The summed E-state index contributed by atoms with van der Waals surface area (Å²) in [5.41, 5.74) is -0.293. The lowest BCUT2D eigenvalue weighted by Gasteiger charge is -2.10. The van der Waals surface area contributed by atoms with Crippen LogP contribution in [0.2, 0.25) is 0 Å². The Morgan fingerprint density at radius 2 is 2.00 bits per heavy atom. The van der Waals surface area contributed by atoms with Gasteiger partial charge in [-0.05, 0) is 25.1 Å². The molecule has 0 aliphatic carbocycles. The molecule has 0 aliphatic rings. The molecule has 1 aromatic carbocycles. The molecule has 1 rings (SSSR count). The van der Waals surface area contributed by atoms with Crippen LogP contribution in [-0.4, -0.2) is 6.54 Å². The zero-order chi connectivity index (χ0) is 12.2. The third-order valence-electron chi connectivity index (χ3n) is 1.78. The smallest absolute Gasteiger partial charge is 0.374 e. The molecule has 86 valence electrons. The summed E-state index contributed by atoms with van der Waals surface area (Å²) in [4.78, 5) is 0. The van der Waals surface area contributed by atoms with E-state index in [0.29, 0.717) is 16.7 Å². The van der Waals surface area contributed by atoms with Crippen LogP contribution in [0.4, 0.5) is 18.9 Å². The van der Waals surface area contributed by atoms with Crippen molar-refractivity contribution in [1.29, 1.82) is 0 Å². The molecule has 0 aliphatic heterocycles. The minimum absolute atomic E-state index is 0.324. The second kappa shape index (κ2) is 5.26. The van der Waals surface area contributed by atoms with Crippen LogP contribution < -0.4 is 5.32 Å². The Morgan fingerprint density at radius 1 is 1.31 bits per heavy atom. The molecule has 0 atom stereocenters. The zero-order valence-corrected chi connectivity index (χ0v) is 10.0. The van der Waals surface area contributed by atoms with Gasteiger partial charge in [0.15, 0.2) is 0 Å². The van der Waals surface area contributed by atoms with Crippen molar-refractivity contribution < 1.29 is 13.2 Å². The van der Waals surface area contributed by atoms with Gasteiger partial charge >= 0.3 is 6.18 Å². The van der Waals surface area contributed by atoms with Gasteiger partial charge in [-0.2, -0.15) is 13.2 Å². The number of nitrogens with one attached hydrogen (secondary N) is 1. The van der Waals surface area contributed by atoms with Crippen LogP contribution in [0.5, 0.6) is 0 Å². The fourth-order valence-electron chi connectivity index (χ4n) is 1.09. The van der Waals surface area contributed by atoms with Gasteiger partial charge in [0.25, 0.3) is 0 Å². The first kappa shape index (κ1) is 12.9. The molecule has 0 saturated carbocycles. The standard InChI is InChI=1S/C11H9BrF3N/c1-2-3-4-16-10-6-8(11(13,14)15)5-9(12)7-10/h5-7,16H,4H2,1H3. The highest BCUT2D eigenvalue weighted by Crippen LogP contribution is 2.33. The van der Waals surface area contributed by atoms with Crippen LogP contribution in [0, 0.1) is 11.8 Å². The van der Waals surface area contributed by atoms with Gasteiger partial charge in [-0.15, -0.1) is 5.92 Å². The van der Waals surface area contributed by atoms with Crippen molar-refractivity contribution >= 4 is 21.6 Å². The van der Waals surface area contributed by atoms with E-state index in [1.54, 1.807) is 13.0 Å². The molecule has 0 bridgehead atoms. The monoisotopic (exact) mass is 291 g/mol. The third kappa shape index (κ3) is 3.78. The van der Waals surface area contributed by atoms with Crippen LogP contribution in [0.15, 0.2) is 22.7 Å². The van der Waals surface area contributed by atoms with Gasteiger partial charge in [0, 0.05) is 10.2 Å². The van der Waals surface area contributed by atoms with E-state index in [2.05, 4.69) is 33.1 Å². The topological polar surface area (TPSA) is 12.0 Å². The molecule has 0 aromatic heterocycles. The Kier molecular flexibility index (Phi) is 4.25. The number of anilines is 1. The first-order chi connectivity index (χ1) is 7.43. The van der Waals surface area contributed by atoms with E-state index < -0.39 is 11.7 Å². The molecule has 1 N–H and O–H groups in total. The fourth-order valence-corrected chi connectivity index (χ4v) is 1.58. The second-order valence-corrected chi connectivity index (χ2v) is 3.92. The van der Waals surface area contributed by atoms with Gasteiger partial charge in [0.1, 0.15) is 0 Å². The van der Waals surface area contributed by atoms with E-state index in [1.165, 1.54) is 0 Å². The summed E-state index contributed by atoms with van der Waals surface area (Å²) >= 11 is 3.04. The lowest BCUT2D eigenvalue weighted by atomic mass is 10.2. The number of hydrogen-bond donors (Lipinski definition) is 1. The van der Waals surface area contributed by atoms with Crippen LogP contribution in [0.3, 0.4) is 0 Å². The largest absolute Gasteiger partial charge is 0.416 e. The zero-order valence-electron chi connectivity index (χ0n) is 8.45. The maximum Gasteiger partial charge on any atom is 0.416 e. The summed E-state index contributed by atoms with van der Waals surface area (Å²) in [5.74, 6) is 5.37.